The Labute approximate surface area is 396 Å². The second-order valence-corrected chi connectivity index (χ2v) is 17.9. The average Bonchev–Trinajstić information content (AvgIpc) is 3.93. The zero-order valence-electron chi connectivity index (χ0n) is 34.8. The number of halogens is 10. The molecule has 2 heterocycles. The van der Waals surface area contributed by atoms with Crippen molar-refractivity contribution in [3.63, 3.8) is 0 Å². The molecule has 2 atom stereocenters. The quantitative estimate of drug-likeness (QED) is 0.122. The van der Waals surface area contributed by atoms with Gasteiger partial charge in [-0.05, 0) is 129 Å². The summed E-state index contributed by atoms with van der Waals surface area (Å²) in [5.41, 5.74) is -0.528. The van der Waals surface area contributed by atoms with E-state index in [1.165, 1.54) is 24.3 Å². The Morgan fingerprint density at radius 2 is 1.08 bits per heavy atom. The molecular formula is C48H54Cl4F6N2O5. The van der Waals surface area contributed by atoms with Crippen LogP contribution in [0.4, 0.5) is 26.3 Å². The summed E-state index contributed by atoms with van der Waals surface area (Å²) in [6.07, 6.45) is -1.57. The molecule has 4 aliphatic rings. The summed E-state index contributed by atoms with van der Waals surface area (Å²) in [6.45, 7) is 4.12. The van der Waals surface area contributed by atoms with Gasteiger partial charge in [0.15, 0.2) is 0 Å². The molecule has 2 saturated carbocycles. The molecule has 2 aliphatic carbocycles. The van der Waals surface area contributed by atoms with Crippen LogP contribution in [0.2, 0.25) is 10.0 Å². The minimum absolute atomic E-state index is 0. The molecule has 356 valence electrons. The lowest BCUT2D eigenvalue weighted by Crippen LogP contribution is -2.50. The van der Waals surface area contributed by atoms with Crippen molar-refractivity contribution in [2.75, 3.05) is 44.7 Å². The van der Waals surface area contributed by atoms with Crippen LogP contribution in [0.3, 0.4) is 0 Å². The molecular weight excluding hydrogens is 940 g/mol. The van der Waals surface area contributed by atoms with E-state index in [9.17, 15) is 41.0 Å². The molecule has 4 aromatic carbocycles. The monoisotopic (exact) mass is 992 g/mol. The van der Waals surface area contributed by atoms with E-state index < -0.39 is 40.3 Å². The van der Waals surface area contributed by atoms with Crippen molar-refractivity contribution < 1.29 is 50.5 Å². The molecule has 0 spiro atoms. The maximum Gasteiger partial charge on any atom is 0.416 e. The van der Waals surface area contributed by atoms with Gasteiger partial charge in [0.2, 0.25) is 5.91 Å². The number of nitrogens with one attached hydrogen (secondary N) is 1. The predicted molar refractivity (Wildman–Crippen MR) is 244 cm³/mol. The lowest BCUT2D eigenvalue weighted by atomic mass is 9.63. The normalized spacial score (nSPS) is 19.2. The Hall–Kier alpha value is -3.88. The number of rotatable bonds is 10. The number of nitrogens with zero attached hydrogens (tertiary/aromatic N) is 1. The van der Waals surface area contributed by atoms with Crippen LogP contribution in [-0.2, 0) is 32.8 Å². The number of likely N-dealkylation sites (tertiary alicyclic amines) is 1. The van der Waals surface area contributed by atoms with Crippen LogP contribution in [-0.4, -0.2) is 66.6 Å². The van der Waals surface area contributed by atoms with Crippen molar-refractivity contribution in [2.45, 2.75) is 82.0 Å². The van der Waals surface area contributed by atoms with E-state index in [1.54, 1.807) is 12.1 Å². The summed E-state index contributed by atoms with van der Waals surface area (Å²) < 4.78 is 86.0. The summed E-state index contributed by atoms with van der Waals surface area (Å²) in [7, 11) is 0. The molecule has 65 heavy (non-hydrogen) atoms. The van der Waals surface area contributed by atoms with E-state index in [4.69, 9.17) is 55.9 Å². The van der Waals surface area contributed by atoms with Crippen molar-refractivity contribution in [2.24, 2.45) is 11.8 Å². The summed E-state index contributed by atoms with van der Waals surface area (Å²) >= 11 is 21.3. The van der Waals surface area contributed by atoms with Crippen LogP contribution in [0, 0.1) is 11.8 Å². The van der Waals surface area contributed by atoms with Gasteiger partial charge in [-0.1, -0.05) is 67.7 Å². The van der Waals surface area contributed by atoms with Gasteiger partial charge >= 0.3 is 18.3 Å². The molecule has 4 fully saturated rings. The fourth-order valence-corrected chi connectivity index (χ4v) is 8.32. The highest BCUT2D eigenvalue weighted by molar-refractivity contribution is 6.40. The van der Waals surface area contributed by atoms with Gasteiger partial charge in [0.1, 0.15) is 11.5 Å². The molecule has 2 N–H and O–H groups in total. The standard InChI is InChI=1S/C23H23ClF3NO2.C12H14F3NO.C11H11ClO2.CH2Cl2.CH4/c24-19-6-2-17(3-7-19)22(11-1-12-22)21(29)28-13-10-16(14-28)15-30-20-8-4-18(5-9-20)23(25,26)27;13-12(14,15)10-1-3-11(4-2-10)17-8-9-5-6-16-7-9;12-9-4-2-8(3-5-9)11(10(13)14)6-1-7-11;2-1-3;/h2-9,16H,1,10-15H2;1-4,9,16H,5-8H2;2-5H,1,6-7H2,(H,13,14);1H2;1H4/t16-;9-;;;/m11.../s1. The first kappa shape index (κ1) is 53.7. The Bertz CT molecular complexity index is 2080. The second-order valence-electron chi connectivity index (χ2n) is 16.2. The third-order valence-corrected chi connectivity index (χ3v) is 12.6. The fraction of sp³-hybridized carbons (Fsp3) is 0.458. The molecule has 0 aromatic heterocycles. The van der Waals surface area contributed by atoms with Crippen molar-refractivity contribution in [1.82, 2.24) is 10.2 Å². The van der Waals surface area contributed by atoms with Crippen molar-refractivity contribution in [1.29, 1.82) is 0 Å². The number of amides is 1. The first-order valence-electron chi connectivity index (χ1n) is 20.9. The summed E-state index contributed by atoms with van der Waals surface area (Å²) in [5, 5.41) is 13.9. The van der Waals surface area contributed by atoms with Gasteiger partial charge < -0.3 is 24.8 Å². The van der Waals surface area contributed by atoms with Crippen LogP contribution in [0.5, 0.6) is 11.5 Å². The third-order valence-electron chi connectivity index (χ3n) is 12.1. The van der Waals surface area contributed by atoms with Crippen molar-refractivity contribution in [3.8, 4) is 11.5 Å². The SMILES string of the molecule is C.ClCCl.FC(F)(F)c1ccc(OC[C@@H]2CCNC2)cc1.O=C(N1CC[C@@H](COc2ccc(C(F)(F)F)cc2)C1)C1(c2ccc(Cl)cc2)CCC1.O=C(O)C1(c2ccc(Cl)cc2)CCC1. The first-order valence-corrected chi connectivity index (χ1v) is 22.7. The maximum atomic E-state index is 13.3. The molecule has 7 nitrogen and oxygen atoms in total. The molecule has 8 rings (SSSR count). The molecule has 4 aromatic rings. The van der Waals surface area contributed by atoms with Gasteiger partial charge in [-0.15, -0.1) is 23.2 Å². The van der Waals surface area contributed by atoms with Crippen molar-refractivity contribution in [3.05, 3.63) is 129 Å². The number of alkyl halides is 8. The zero-order valence-corrected chi connectivity index (χ0v) is 37.8. The lowest BCUT2D eigenvalue weighted by Gasteiger charge is -2.43. The Kier molecular flexibility index (Phi) is 20.0. The van der Waals surface area contributed by atoms with Crippen LogP contribution >= 0.6 is 46.4 Å². The summed E-state index contributed by atoms with van der Waals surface area (Å²) in [5.74, 6) is 0.962. The smallest absolute Gasteiger partial charge is 0.416 e. The van der Waals surface area contributed by atoms with E-state index in [0.717, 1.165) is 99.8 Å². The lowest BCUT2D eigenvalue weighted by molar-refractivity contribution is -0.147. The molecule has 0 radical (unpaired) electrons. The fourth-order valence-electron chi connectivity index (χ4n) is 8.07. The largest absolute Gasteiger partial charge is 0.493 e. The highest BCUT2D eigenvalue weighted by atomic mass is 35.5. The van der Waals surface area contributed by atoms with Gasteiger partial charge in [0, 0.05) is 41.5 Å². The molecule has 0 unspecified atom stereocenters. The Morgan fingerprint density at radius 1 is 0.662 bits per heavy atom. The van der Waals surface area contributed by atoms with Crippen LogP contribution in [0.25, 0.3) is 0 Å². The molecule has 1 amide bonds. The van der Waals surface area contributed by atoms with Crippen LogP contribution < -0.4 is 14.8 Å². The van der Waals surface area contributed by atoms with Crippen LogP contribution in [0.15, 0.2) is 97.1 Å². The number of hydrogen-bond donors (Lipinski definition) is 2. The minimum atomic E-state index is -4.35. The third kappa shape index (κ3) is 14.6. The zero-order chi connectivity index (χ0) is 46.5. The number of carboxylic acids is 1. The second kappa shape index (κ2) is 24.2. The maximum absolute atomic E-state index is 13.3. The van der Waals surface area contributed by atoms with Gasteiger partial charge in [0.05, 0.1) is 40.5 Å². The Morgan fingerprint density at radius 3 is 1.43 bits per heavy atom. The number of benzene rings is 4. The first-order chi connectivity index (χ1) is 30.4. The van der Waals surface area contributed by atoms with Gasteiger partial charge in [-0.25, -0.2) is 0 Å². The summed E-state index contributed by atoms with van der Waals surface area (Å²) in [4.78, 5) is 26.4. The molecule has 2 aliphatic heterocycles. The molecule has 17 heteroatoms. The van der Waals surface area contributed by atoms with Gasteiger partial charge in [-0.2, -0.15) is 26.3 Å². The van der Waals surface area contributed by atoms with E-state index in [2.05, 4.69) is 5.32 Å². The highest BCUT2D eigenvalue weighted by Gasteiger charge is 2.49. The summed E-state index contributed by atoms with van der Waals surface area (Å²) in [6, 6.07) is 24.2. The number of carbonyl (C=O) groups is 2. The number of ether oxygens (including phenoxy) is 2. The average molecular weight is 995 g/mol. The Balaban J connectivity index is 0.000000224. The number of carboxylic acid groups (broad SMARTS) is 1. The van der Waals surface area contributed by atoms with Gasteiger partial charge in [-0.3, -0.25) is 9.59 Å². The number of hydrogen-bond acceptors (Lipinski definition) is 5. The predicted octanol–water partition coefficient (Wildman–Crippen LogP) is 13.3. The van der Waals surface area contributed by atoms with E-state index >= 15 is 0 Å². The molecule has 0 bridgehead atoms. The van der Waals surface area contributed by atoms with E-state index in [1.807, 2.05) is 41.3 Å². The molecule has 2 saturated heterocycles. The van der Waals surface area contributed by atoms with Gasteiger partial charge in [0.25, 0.3) is 0 Å². The minimum Gasteiger partial charge on any atom is -0.493 e. The van der Waals surface area contributed by atoms with Crippen LogP contribution in [0.1, 0.15) is 81.0 Å². The number of aliphatic carboxylic acids is 1. The van der Waals surface area contributed by atoms with E-state index in [-0.39, 0.29) is 24.6 Å². The van der Waals surface area contributed by atoms with E-state index in [0.29, 0.717) is 53.8 Å². The topological polar surface area (TPSA) is 88.1 Å². The highest BCUT2D eigenvalue weighted by Crippen LogP contribution is 2.47. The number of carbonyl (C=O) groups excluding carboxylic acids is 1. The van der Waals surface area contributed by atoms with Crippen molar-refractivity contribution >= 4 is 58.3 Å².